The third-order valence-electron chi connectivity index (χ3n) is 4.72. The summed E-state index contributed by atoms with van der Waals surface area (Å²) in [5.74, 6) is 0.283. The molecule has 2 aromatic rings. The summed E-state index contributed by atoms with van der Waals surface area (Å²) in [6.07, 6.45) is 5.60. The van der Waals surface area contributed by atoms with Crippen LogP contribution in [0, 0.1) is 11.8 Å². The van der Waals surface area contributed by atoms with Crippen LogP contribution in [0.15, 0.2) is 40.9 Å². The van der Waals surface area contributed by atoms with E-state index in [0.717, 1.165) is 5.56 Å². The molecule has 0 saturated carbocycles. The van der Waals surface area contributed by atoms with E-state index >= 15 is 0 Å². The van der Waals surface area contributed by atoms with Crippen LogP contribution in [0.25, 0.3) is 11.4 Å². The fourth-order valence-corrected chi connectivity index (χ4v) is 3.50. The van der Waals surface area contributed by atoms with Gasteiger partial charge in [0.1, 0.15) is 0 Å². The van der Waals surface area contributed by atoms with Crippen LogP contribution in [0.5, 0.6) is 0 Å². The van der Waals surface area contributed by atoms with E-state index in [2.05, 4.69) is 10.1 Å². The number of rotatable bonds is 4. The number of imide groups is 1. The predicted molar refractivity (Wildman–Crippen MR) is 90.5 cm³/mol. The average molecular weight is 358 g/mol. The molecule has 1 aromatic heterocycles. The number of amides is 2. The van der Waals surface area contributed by atoms with E-state index in [-0.39, 0.29) is 30.2 Å². The van der Waals surface area contributed by atoms with Crippen molar-refractivity contribution in [1.82, 2.24) is 15.0 Å². The molecule has 2 aliphatic rings. The Morgan fingerprint density at radius 2 is 1.72 bits per heavy atom. The van der Waals surface area contributed by atoms with Gasteiger partial charge in [0.2, 0.25) is 23.5 Å². The SMILES string of the molecule is O=C1[C@H]2CC=CC[C@@H]2C(=O)N1CCc1nc(-c2ccc(Cl)cc2)no1. The van der Waals surface area contributed by atoms with Crippen molar-refractivity contribution >= 4 is 23.4 Å². The maximum atomic E-state index is 12.4. The summed E-state index contributed by atoms with van der Waals surface area (Å²) in [6.45, 7) is 0.271. The van der Waals surface area contributed by atoms with Gasteiger partial charge in [-0.2, -0.15) is 4.98 Å². The highest BCUT2D eigenvalue weighted by Crippen LogP contribution is 2.35. The highest BCUT2D eigenvalue weighted by Gasteiger charge is 2.46. The van der Waals surface area contributed by atoms with Crippen molar-refractivity contribution in [3.05, 3.63) is 47.3 Å². The van der Waals surface area contributed by atoms with Crippen LogP contribution in [-0.2, 0) is 16.0 Å². The topological polar surface area (TPSA) is 76.3 Å². The van der Waals surface area contributed by atoms with E-state index in [4.69, 9.17) is 16.1 Å². The molecule has 25 heavy (non-hydrogen) atoms. The fraction of sp³-hybridized carbons (Fsp3) is 0.333. The fourth-order valence-electron chi connectivity index (χ4n) is 3.37. The summed E-state index contributed by atoms with van der Waals surface area (Å²) in [5.41, 5.74) is 0.796. The molecule has 1 aromatic carbocycles. The number of hydrogen-bond donors (Lipinski definition) is 0. The number of allylic oxidation sites excluding steroid dienone is 2. The van der Waals surface area contributed by atoms with Crippen molar-refractivity contribution in [1.29, 1.82) is 0 Å². The summed E-state index contributed by atoms with van der Waals surface area (Å²) in [5, 5.41) is 4.58. The molecule has 1 fully saturated rings. The van der Waals surface area contributed by atoms with Crippen molar-refractivity contribution in [3.8, 4) is 11.4 Å². The van der Waals surface area contributed by atoms with E-state index in [0.29, 0.717) is 36.0 Å². The molecule has 1 saturated heterocycles. The molecule has 1 aliphatic carbocycles. The summed E-state index contributed by atoms with van der Waals surface area (Å²) < 4.78 is 5.24. The van der Waals surface area contributed by atoms with Crippen LogP contribution in [0.3, 0.4) is 0 Å². The number of benzene rings is 1. The van der Waals surface area contributed by atoms with Gasteiger partial charge in [-0.1, -0.05) is 28.9 Å². The van der Waals surface area contributed by atoms with Crippen molar-refractivity contribution in [3.63, 3.8) is 0 Å². The van der Waals surface area contributed by atoms with Gasteiger partial charge in [0, 0.05) is 23.6 Å². The monoisotopic (exact) mass is 357 g/mol. The van der Waals surface area contributed by atoms with E-state index in [1.54, 1.807) is 12.1 Å². The lowest BCUT2D eigenvalue weighted by atomic mass is 9.85. The Hall–Kier alpha value is -2.47. The second-order valence-electron chi connectivity index (χ2n) is 6.25. The normalized spacial score (nSPS) is 22.5. The zero-order valence-corrected chi connectivity index (χ0v) is 14.1. The Labute approximate surface area is 149 Å². The minimum absolute atomic E-state index is 0.0863. The van der Waals surface area contributed by atoms with Gasteiger partial charge in [-0.25, -0.2) is 0 Å². The van der Waals surface area contributed by atoms with Crippen LogP contribution >= 0.6 is 11.6 Å². The zero-order chi connectivity index (χ0) is 17.4. The lowest BCUT2D eigenvalue weighted by Crippen LogP contribution is -2.33. The molecule has 1 aliphatic heterocycles. The molecule has 6 nitrogen and oxygen atoms in total. The number of hydrogen-bond acceptors (Lipinski definition) is 5. The number of aromatic nitrogens is 2. The van der Waals surface area contributed by atoms with Crippen molar-refractivity contribution in [2.75, 3.05) is 6.54 Å². The highest BCUT2D eigenvalue weighted by atomic mass is 35.5. The molecule has 4 rings (SSSR count). The highest BCUT2D eigenvalue weighted by molar-refractivity contribution is 6.30. The molecule has 7 heteroatoms. The Morgan fingerprint density at radius 1 is 1.08 bits per heavy atom. The first-order valence-electron chi connectivity index (χ1n) is 8.22. The Bertz CT molecular complexity index is 818. The number of halogens is 1. The quantitative estimate of drug-likeness (QED) is 0.621. The second kappa shape index (κ2) is 6.44. The minimum Gasteiger partial charge on any atom is -0.339 e. The van der Waals surface area contributed by atoms with E-state index in [9.17, 15) is 9.59 Å². The van der Waals surface area contributed by atoms with Crippen LogP contribution in [-0.4, -0.2) is 33.4 Å². The molecule has 2 heterocycles. The lowest BCUT2D eigenvalue weighted by molar-refractivity contribution is -0.139. The van der Waals surface area contributed by atoms with Gasteiger partial charge in [0.05, 0.1) is 11.8 Å². The van der Waals surface area contributed by atoms with Crippen LogP contribution in [0.2, 0.25) is 5.02 Å². The van der Waals surface area contributed by atoms with Gasteiger partial charge in [-0.3, -0.25) is 14.5 Å². The first kappa shape index (κ1) is 16.0. The molecule has 0 unspecified atom stereocenters. The van der Waals surface area contributed by atoms with E-state index in [1.165, 1.54) is 4.90 Å². The predicted octanol–water partition coefficient (Wildman–Crippen LogP) is 2.88. The number of carbonyl (C=O) groups is 2. The van der Waals surface area contributed by atoms with Crippen molar-refractivity contribution in [2.45, 2.75) is 19.3 Å². The molecule has 0 spiro atoms. The molecule has 0 N–H and O–H groups in total. The standard InChI is InChI=1S/C18H16ClN3O3/c19-12-7-5-11(6-8-12)16-20-15(25-21-16)9-10-22-17(23)13-3-1-2-4-14(13)18(22)24/h1-2,5-8,13-14H,3-4,9-10H2/t13-,14-/m0/s1. The molecule has 128 valence electrons. The number of fused-ring (bicyclic) bond motifs is 1. The molecule has 0 bridgehead atoms. The summed E-state index contributed by atoms with van der Waals surface area (Å²) >= 11 is 5.87. The van der Waals surface area contributed by atoms with Crippen molar-refractivity contribution in [2.24, 2.45) is 11.8 Å². The summed E-state index contributed by atoms with van der Waals surface area (Å²) in [7, 11) is 0. The third-order valence-corrected chi connectivity index (χ3v) is 4.97. The number of nitrogens with zero attached hydrogens (tertiary/aromatic N) is 3. The largest absolute Gasteiger partial charge is 0.339 e. The van der Waals surface area contributed by atoms with Gasteiger partial charge in [-0.05, 0) is 37.1 Å². The van der Waals surface area contributed by atoms with Gasteiger partial charge in [-0.15, -0.1) is 0 Å². The Morgan fingerprint density at radius 3 is 2.36 bits per heavy atom. The molecular formula is C18H16ClN3O3. The Kier molecular flexibility index (Phi) is 4.13. The van der Waals surface area contributed by atoms with Crippen LogP contribution < -0.4 is 0 Å². The first-order valence-corrected chi connectivity index (χ1v) is 8.60. The van der Waals surface area contributed by atoms with E-state index in [1.807, 2.05) is 24.3 Å². The molecule has 2 amide bonds. The van der Waals surface area contributed by atoms with E-state index < -0.39 is 0 Å². The maximum absolute atomic E-state index is 12.4. The van der Waals surface area contributed by atoms with Gasteiger partial charge >= 0.3 is 0 Å². The Balaban J connectivity index is 1.43. The number of likely N-dealkylation sites (tertiary alicyclic amines) is 1. The zero-order valence-electron chi connectivity index (χ0n) is 13.4. The maximum Gasteiger partial charge on any atom is 0.233 e. The van der Waals surface area contributed by atoms with Crippen molar-refractivity contribution < 1.29 is 14.1 Å². The molecule has 2 atom stereocenters. The lowest BCUT2D eigenvalue weighted by Gasteiger charge is -2.14. The third kappa shape index (κ3) is 2.98. The van der Waals surface area contributed by atoms with Crippen LogP contribution in [0.4, 0.5) is 0 Å². The van der Waals surface area contributed by atoms with Gasteiger partial charge in [0.15, 0.2) is 0 Å². The minimum atomic E-state index is -0.204. The first-order chi connectivity index (χ1) is 12.1. The average Bonchev–Trinajstić information content (AvgIpc) is 3.19. The number of carbonyl (C=O) groups excluding carboxylic acids is 2. The summed E-state index contributed by atoms with van der Waals surface area (Å²) in [6, 6.07) is 7.12. The van der Waals surface area contributed by atoms with Gasteiger partial charge < -0.3 is 4.52 Å². The summed E-state index contributed by atoms with van der Waals surface area (Å²) in [4.78, 5) is 30.5. The molecule has 0 radical (unpaired) electrons. The molecular weight excluding hydrogens is 342 g/mol. The van der Waals surface area contributed by atoms with Gasteiger partial charge in [0.25, 0.3) is 0 Å². The smallest absolute Gasteiger partial charge is 0.233 e. The van der Waals surface area contributed by atoms with Crippen LogP contribution in [0.1, 0.15) is 18.7 Å². The second-order valence-corrected chi connectivity index (χ2v) is 6.69.